The summed E-state index contributed by atoms with van der Waals surface area (Å²) in [5, 5.41) is 6.61. The highest BCUT2D eigenvalue weighted by atomic mass is 35.5. The number of halogens is 2. The van der Waals surface area contributed by atoms with Gasteiger partial charge in [0.15, 0.2) is 0 Å². The summed E-state index contributed by atoms with van der Waals surface area (Å²) in [7, 11) is 1.55. The Morgan fingerprint density at radius 2 is 1.81 bits per heavy atom. The molecule has 0 unspecified atom stereocenters. The minimum absolute atomic E-state index is 0.0975. The van der Waals surface area contributed by atoms with Crippen LogP contribution in [0.4, 0.5) is 21.5 Å². The number of amides is 1. The lowest BCUT2D eigenvalue weighted by Gasteiger charge is -2.18. The number of benzene rings is 2. The number of ether oxygens (including phenoxy) is 1. The third-order valence-corrected chi connectivity index (χ3v) is 5.11. The lowest BCUT2D eigenvalue weighted by Crippen LogP contribution is -2.16. The molecule has 0 fully saturated rings. The number of hydrogen-bond donors (Lipinski definition) is 2. The van der Waals surface area contributed by atoms with E-state index in [1.807, 2.05) is 20.8 Å². The zero-order valence-corrected chi connectivity index (χ0v) is 18.7. The van der Waals surface area contributed by atoms with Crippen molar-refractivity contribution in [3.05, 3.63) is 76.2 Å². The van der Waals surface area contributed by atoms with Gasteiger partial charge in [-0.1, -0.05) is 32.4 Å². The first-order valence-corrected chi connectivity index (χ1v) is 10.4. The van der Waals surface area contributed by atoms with Crippen molar-refractivity contribution in [2.24, 2.45) is 0 Å². The molecule has 5 nitrogen and oxygen atoms in total. The highest BCUT2D eigenvalue weighted by Gasteiger charge is 2.17. The molecule has 0 spiro atoms. The third-order valence-electron chi connectivity index (χ3n) is 4.87. The van der Waals surface area contributed by atoms with E-state index in [1.165, 1.54) is 12.1 Å². The second-order valence-electron chi connectivity index (χ2n) is 7.36. The predicted octanol–water partition coefficient (Wildman–Crippen LogP) is 6.56. The van der Waals surface area contributed by atoms with Crippen LogP contribution in [-0.2, 0) is 6.42 Å². The van der Waals surface area contributed by atoms with Gasteiger partial charge in [-0.2, -0.15) is 0 Å². The van der Waals surface area contributed by atoms with Crippen molar-refractivity contribution in [2.75, 3.05) is 17.7 Å². The Bertz CT molecular complexity index is 1100. The average molecular weight is 442 g/mol. The number of pyridine rings is 1. The van der Waals surface area contributed by atoms with Crippen LogP contribution in [-0.4, -0.2) is 18.0 Å². The number of aryl methyl sites for hydroxylation is 1. The van der Waals surface area contributed by atoms with Crippen LogP contribution >= 0.6 is 11.6 Å². The zero-order valence-electron chi connectivity index (χ0n) is 17.9. The minimum atomic E-state index is -0.333. The normalized spacial score (nSPS) is 10.8. The monoisotopic (exact) mass is 441 g/mol. The SMILES string of the molecule is CCc1nc(OC)ccc1NC(=O)c1cc(Cl)ccc1Nc1ccc(F)cc1C(C)C. The van der Waals surface area contributed by atoms with Crippen molar-refractivity contribution in [2.45, 2.75) is 33.1 Å². The molecular weight excluding hydrogens is 417 g/mol. The number of methoxy groups -OCH3 is 1. The molecule has 31 heavy (non-hydrogen) atoms. The highest BCUT2D eigenvalue weighted by Crippen LogP contribution is 2.31. The van der Waals surface area contributed by atoms with Crippen LogP contribution in [0.2, 0.25) is 5.02 Å². The zero-order chi connectivity index (χ0) is 22.5. The molecule has 162 valence electrons. The number of aromatic nitrogens is 1. The Labute approximate surface area is 186 Å². The van der Waals surface area contributed by atoms with E-state index in [-0.39, 0.29) is 17.6 Å². The molecule has 1 heterocycles. The molecule has 0 radical (unpaired) electrons. The Morgan fingerprint density at radius 1 is 1.10 bits per heavy atom. The molecule has 0 aliphatic carbocycles. The van der Waals surface area contributed by atoms with Crippen molar-refractivity contribution in [1.82, 2.24) is 4.98 Å². The van der Waals surface area contributed by atoms with Crippen LogP contribution in [0, 0.1) is 5.82 Å². The number of nitrogens with one attached hydrogen (secondary N) is 2. The third kappa shape index (κ3) is 5.33. The quantitative estimate of drug-likeness (QED) is 0.435. The Kier molecular flexibility index (Phi) is 7.13. The molecule has 0 saturated heterocycles. The molecule has 0 atom stereocenters. The van der Waals surface area contributed by atoms with Crippen molar-refractivity contribution in [3.63, 3.8) is 0 Å². The molecule has 3 rings (SSSR count). The highest BCUT2D eigenvalue weighted by molar-refractivity contribution is 6.31. The van der Waals surface area contributed by atoms with Gasteiger partial charge in [0.2, 0.25) is 5.88 Å². The number of carbonyl (C=O) groups excluding carboxylic acids is 1. The van der Waals surface area contributed by atoms with Gasteiger partial charge in [0.05, 0.1) is 29.7 Å². The number of carbonyl (C=O) groups is 1. The van der Waals surface area contributed by atoms with E-state index in [0.29, 0.717) is 40.0 Å². The number of nitrogens with zero attached hydrogens (tertiary/aromatic N) is 1. The van der Waals surface area contributed by atoms with Crippen LogP contribution in [0.15, 0.2) is 48.5 Å². The Hall–Kier alpha value is -3.12. The first-order valence-electron chi connectivity index (χ1n) is 10.0. The van der Waals surface area contributed by atoms with Gasteiger partial charge in [-0.3, -0.25) is 4.79 Å². The van der Waals surface area contributed by atoms with Crippen LogP contribution in [0.1, 0.15) is 48.3 Å². The summed E-state index contributed by atoms with van der Waals surface area (Å²) in [5.41, 5.74) is 3.79. The molecule has 1 aromatic heterocycles. The molecule has 0 aliphatic heterocycles. The smallest absolute Gasteiger partial charge is 0.257 e. The fraction of sp³-hybridized carbons (Fsp3) is 0.250. The molecular formula is C24H25ClFN3O2. The maximum atomic E-state index is 13.8. The van der Waals surface area contributed by atoms with Gasteiger partial charge in [-0.05, 0) is 60.4 Å². The molecule has 0 saturated carbocycles. The number of rotatable bonds is 7. The van der Waals surface area contributed by atoms with Crippen LogP contribution in [0.3, 0.4) is 0 Å². The Balaban J connectivity index is 1.95. The van der Waals surface area contributed by atoms with Crippen LogP contribution in [0.25, 0.3) is 0 Å². The van der Waals surface area contributed by atoms with Crippen LogP contribution in [0.5, 0.6) is 5.88 Å². The molecule has 7 heteroatoms. The summed E-state index contributed by atoms with van der Waals surface area (Å²) >= 11 is 6.18. The van der Waals surface area contributed by atoms with E-state index in [2.05, 4.69) is 15.6 Å². The van der Waals surface area contributed by atoms with Crippen molar-refractivity contribution < 1.29 is 13.9 Å². The van der Waals surface area contributed by atoms with E-state index < -0.39 is 0 Å². The molecule has 1 amide bonds. The van der Waals surface area contributed by atoms with E-state index in [9.17, 15) is 9.18 Å². The van der Waals surface area contributed by atoms with Gasteiger partial charge in [-0.25, -0.2) is 9.37 Å². The van der Waals surface area contributed by atoms with Gasteiger partial charge < -0.3 is 15.4 Å². The summed E-state index contributed by atoms with van der Waals surface area (Å²) < 4.78 is 18.9. The second kappa shape index (κ2) is 9.79. The fourth-order valence-electron chi connectivity index (χ4n) is 3.25. The van der Waals surface area contributed by atoms with E-state index in [1.54, 1.807) is 43.5 Å². The topological polar surface area (TPSA) is 63.2 Å². The summed E-state index contributed by atoms with van der Waals surface area (Å²) in [6.07, 6.45) is 0.626. The largest absolute Gasteiger partial charge is 0.481 e. The lowest BCUT2D eigenvalue weighted by molar-refractivity contribution is 0.102. The van der Waals surface area contributed by atoms with Crippen molar-refractivity contribution in [1.29, 1.82) is 0 Å². The lowest BCUT2D eigenvalue weighted by atomic mass is 10.0. The maximum Gasteiger partial charge on any atom is 0.257 e. The van der Waals surface area contributed by atoms with Gasteiger partial charge >= 0.3 is 0 Å². The summed E-state index contributed by atoms with van der Waals surface area (Å²) in [5.74, 6) is -0.0555. The first kappa shape index (κ1) is 22.6. The minimum Gasteiger partial charge on any atom is -0.481 e. The molecule has 3 aromatic rings. The average Bonchev–Trinajstić information content (AvgIpc) is 2.76. The van der Waals surface area contributed by atoms with Gasteiger partial charge in [0.25, 0.3) is 5.91 Å². The number of hydrogen-bond acceptors (Lipinski definition) is 4. The van der Waals surface area contributed by atoms with Gasteiger partial charge in [-0.15, -0.1) is 0 Å². The molecule has 2 aromatic carbocycles. The molecule has 0 aliphatic rings. The summed E-state index contributed by atoms with van der Waals surface area (Å²) in [4.78, 5) is 17.5. The molecule has 2 N–H and O–H groups in total. The molecule has 0 bridgehead atoms. The van der Waals surface area contributed by atoms with Gasteiger partial charge in [0, 0.05) is 16.8 Å². The fourth-order valence-corrected chi connectivity index (χ4v) is 3.42. The summed E-state index contributed by atoms with van der Waals surface area (Å²) in [6.45, 7) is 5.92. The first-order chi connectivity index (χ1) is 14.8. The van der Waals surface area contributed by atoms with E-state index >= 15 is 0 Å². The van der Waals surface area contributed by atoms with Crippen molar-refractivity contribution >= 4 is 34.6 Å². The van der Waals surface area contributed by atoms with Crippen LogP contribution < -0.4 is 15.4 Å². The standard InChI is InChI=1S/C24H25ClFN3O2/c1-5-19-22(10-11-23(28-19)31-4)29-24(30)18-12-15(25)6-8-21(18)27-20-9-7-16(26)13-17(20)14(2)3/h6-14,27H,5H2,1-4H3,(H,29,30). The van der Waals surface area contributed by atoms with Crippen molar-refractivity contribution in [3.8, 4) is 5.88 Å². The maximum absolute atomic E-state index is 13.8. The van der Waals surface area contributed by atoms with E-state index in [0.717, 1.165) is 11.3 Å². The summed E-state index contributed by atoms with van der Waals surface area (Å²) in [6, 6.07) is 13.0. The predicted molar refractivity (Wildman–Crippen MR) is 123 cm³/mol. The number of anilines is 3. The second-order valence-corrected chi connectivity index (χ2v) is 7.79. The van der Waals surface area contributed by atoms with E-state index in [4.69, 9.17) is 16.3 Å². The van der Waals surface area contributed by atoms with Gasteiger partial charge in [0.1, 0.15) is 5.82 Å². The Morgan fingerprint density at radius 3 is 2.48 bits per heavy atom.